The maximum atomic E-state index is 12.8. The summed E-state index contributed by atoms with van der Waals surface area (Å²) in [5, 5.41) is 9.37. The molecule has 3 rings (SSSR count). The molecule has 122 valence electrons. The molecule has 0 aliphatic rings. The Balaban J connectivity index is 2.27. The summed E-state index contributed by atoms with van der Waals surface area (Å²) in [5.74, 6) is -1.24. The number of para-hydroxylation sites is 1. The van der Waals surface area contributed by atoms with Gasteiger partial charge in [-0.05, 0) is 29.8 Å². The topological polar surface area (TPSA) is 70.2 Å². The zero-order valence-corrected chi connectivity index (χ0v) is 12.0. The summed E-state index contributed by atoms with van der Waals surface area (Å²) < 4.78 is 38.5. The molecule has 0 bridgehead atoms. The number of aromatic carboxylic acids is 1. The molecule has 0 aliphatic carbocycles. The standard InChI is InChI=1S/C17H10F3NO3/c18-17(19,20)10-4-1-3-9(7-10)13-8-14(22)11-5-2-6-12(16(23)24)15(11)21-13/h1-8H,(H,21,22)(H,23,24). The van der Waals surface area contributed by atoms with Gasteiger partial charge in [-0.15, -0.1) is 0 Å². The van der Waals surface area contributed by atoms with Crippen molar-refractivity contribution >= 4 is 16.9 Å². The van der Waals surface area contributed by atoms with Crippen LogP contribution in [0.2, 0.25) is 0 Å². The van der Waals surface area contributed by atoms with Gasteiger partial charge in [-0.1, -0.05) is 18.2 Å². The molecule has 0 aliphatic heterocycles. The van der Waals surface area contributed by atoms with Crippen LogP contribution in [-0.4, -0.2) is 16.1 Å². The lowest BCUT2D eigenvalue weighted by Gasteiger charge is -2.10. The summed E-state index contributed by atoms with van der Waals surface area (Å²) in [4.78, 5) is 26.2. The Hall–Kier alpha value is -3.09. The normalized spacial score (nSPS) is 11.6. The lowest BCUT2D eigenvalue weighted by molar-refractivity contribution is -0.137. The summed E-state index contributed by atoms with van der Waals surface area (Å²) >= 11 is 0. The first-order chi connectivity index (χ1) is 11.3. The second-order valence-corrected chi connectivity index (χ2v) is 5.16. The van der Waals surface area contributed by atoms with Crippen molar-refractivity contribution in [3.8, 4) is 11.3 Å². The van der Waals surface area contributed by atoms with Gasteiger partial charge in [0.1, 0.15) is 0 Å². The van der Waals surface area contributed by atoms with E-state index in [2.05, 4.69) is 4.98 Å². The summed E-state index contributed by atoms with van der Waals surface area (Å²) in [5.41, 5.74) is -1.12. The molecule has 2 N–H and O–H groups in total. The van der Waals surface area contributed by atoms with Gasteiger partial charge in [0.25, 0.3) is 0 Å². The van der Waals surface area contributed by atoms with Gasteiger partial charge < -0.3 is 10.1 Å². The van der Waals surface area contributed by atoms with Gasteiger partial charge in [0.05, 0.1) is 16.6 Å². The lowest BCUT2D eigenvalue weighted by atomic mass is 10.0. The molecule has 2 aromatic carbocycles. The van der Waals surface area contributed by atoms with Crippen molar-refractivity contribution in [2.45, 2.75) is 6.18 Å². The smallest absolute Gasteiger partial charge is 0.416 e. The number of carboxylic acids is 1. The molecule has 0 unspecified atom stereocenters. The van der Waals surface area contributed by atoms with E-state index in [1.807, 2.05) is 0 Å². The zero-order valence-electron chi connectivity index (χ0n) is 12.0. The Morgan fingerprint density at radius 2 is 1.75 bits per heavy atom. The van der Waals surface area contributed by atoms with E-state index in [1.54, 1.807) is 0 Å². The van der Waals surface area contributed by atoms with Gasteiger partial charge in [-0.3, -0.25) is 4.79 Å². The SMILES string of the molecule is O=C(O)c1cccc2c(=O)cc(-c3cccc(C(F)(F)F)c3)[nH]c12. The molecule has 0 saturated carbocycles. The van der Waals surface area contributed by atoms with Crippen LogP contribution in [-0.2, 0) is 6.18 Å². The quantitative estimate of drug-likeness (QED) is 0.747. The number of alkyl halides is 3. The molecular weight excluding hydrogens is 323 g/mol. The van der Waals surface area contributed by atoms with Gasteiger partial charge in [0.15, 0.2) is 5.43 Å². The Morgan fingerprint density at radius 3 is 2.42 bits per heavy atom. The van der Waals surface area contributed by atoms with Crippen molar-refractivity contribution in [1.29, 1.82) is 0 Å². The number of nitrogens with one attached hydrogen (secondary N) is 1. The van der Waals surface area contributed by atoms with Crippen LogP contribution in [0.1, 0.15) is 15.9 Å². The number of carbonyl (C=O) groups is 1. The van der Waals surface area contributed by atoms with Gasteiger partial charge in [-0.2, -0.15) is 13.2 Å². The monoisotopic (exact) mass is 333 g/mol. The third-order valence-electron chi connectivity index (χ3n) is 3.60. The first-order valence-corrected chi connectivity index (χ1v) is 6.84. The fourth-order valence-electron chi connectivity index (χ4n) is 2.47. The van der Waals surface area contributed by atoms with E-state index in [4.69, 9.17) is 0 Å². The van der Waals surface area contributed by atoms with E-state index >= 15 is 0 Å². The fraction of sp³-hybridized carbons (Fsp3) is 0.0588. The number of pyridine rings is 1. The van der Waals surface area contributed by atoms with Crippen LogP contribution in [0, 0.1) is 0 Å². The Labute approximate surface area is 133 Å². The number of aromatic amines is 1. The molecule has 7 heteroatoms. The molecule has 0 spiro atoms. The molecule has 4 nitrogen and oxygen atoms in total. The Morgan fingerprint density at radius 1 is 1.04 bits per heavy atom. The van der Waals surface area contributed by atoms with Crippen molar-refractivity contribution in [2.24, 2.45) is 0 Å². The Kier molecular flexibility index (Phi) is 3.63. The van der Waals surface area contributed by atoms with Crippen LogP contribution in [0.3, 0.4) is 0 Å². The highest BCUT2D eigenvalue weighted by Gasteiger charge is 2.30. The number of halogens is 3. The van der Waals surface area contributed by atoms with Crippen LogP contribution < -0.4 is 5.43 Å². The van der Waals surface area contributed by atoms with Crippen molar-refractivity contribution in [3.05, 3.63) is 69.9 Å². The number of hydrogen-bond acceptors (Lipinski definition) is 2. The Bertz CT molecular complexity index is 1010. The van der Waals surface area contributed by atoms with E-state index < -0.39 is 23.1 Å². The first kappa shape index (κ1) is 15.8. The molecular formula is C17H10F3NO3. The van der Waals surface area contributed by atoms with Gasteiger partial charge >= 0.3 is 12.1 Å². The molecule has 24 heavy (non-hydrogen) atoms. The number of fused-ring (bicyclic) bond motifs is 1. The molecule has 1 heterocycles. The average Bonchev–Trinajstić information content (AvgIpc) is 2.53. The number of hydrogen-bond donors (Lipinski definition) is 2. The molecule has 0 radical (unpaired) electrons. The molecule has 0 fully saturated rings. The predicted molar refractivity (Wildman–Crippen MR) is 82.0 cm³/mol. The molecule has 3 aromatic rings. The van der Waals surface area contributed by atoms with Crippen LogP contribution in [0.5, 0.6) is 0 Å². The minimum absolute atomic E-state index is 0.0740. The first-order valence-electron chi connectivity index (χ1n) is 6.84. The van der Waals surface area contributed by atoms with Gasteiger partial charge in [0, 0.05) is 17.1 Å². The van der Waals surface area contributed by atoms with Crippen LogP contribution >= 0.6 is 0 Å². The molecule has 0 atom stereocenters. The predicted octanol–water partition coefficient (Wildman–Crippen LogP) is 3.91. The maximum absolute atomic E-state index is 12.8. The fourth-order valence-corrected chi connectivity index (χ4v) is 2.47. The van der Waals surface area contributed by atoms with E-state index in [-0.39, 0.29) is 27.7 Å². The summed E-state index contributed by atoms with van der Waals surface area (Å²) in [6.45, 7) is 0. The third kappa shape index (κ3) is 2.76. The van der Waals surface area contributed by atoms with E-state index in [0.29, 0.717) is 0 Å². The summed E-state index contributed by atoms with van der Waals surface area (Å²) in [6, 6.07) is 9.83. The summed E-state index contributed by atoms with van der Waals surface area (Å²) in [7, 11) is 0. The third-order valence-corrected chi connectivity index (χ3v) is 3.60. The van der Waals surface area contributed by atoms with Crippen LogP contribution in [0.15, 0.2) is 53.3 Å². The summed E-state index contributed by atoms with van der Waals surface area (Å²) in [6.07, 6.45) is -4.51. The largest absolute Gasteiger partial charge is 0.478 e. The second kappa shape index (κ2) is 5.52. The highest BCUT2D eigenvalue weighted by Crippen LogP contribution is 2.31. The number of H-pyrrole nitrogens is 1. The van der Waals surface area contributed by atoms with E-state index in [9.17, 15) is 27.9 Å². The number of benzene rings is 2. The van der Waals surface area contributed by atoms with Crippen molar-refractivity contribution in [2.75, 3.05) is 0 Å². The average molecular weight is 333 g/mol. The minimum Gasteiger partial charge on any atom is -0.478 e. The van der Waals surface area contributed by atoms with Crippen molar-refractivity contribution in [3.63, 3.8) is 0 Å². The highest BCUT2D eigenvalue weighted by molar-refractivity contribution is 6.02. The lowest BCUT2D eigenvalue weighted by Crippen LogP contribution is -2.08. The minimum atomic E-state index is -4.51. The van der Waals surface area contributed by atoms with Crippen molar-refractivity contribution < 1.29 is 23.1 Å². The van der Waals surface area contributed by atoms with Crippen molar-refractivity contribution in [1.82, 2.24) is 4.98 Å². The molecule has 0 amide bonds. The second-order valence-electron chi connectivity index (χ2n) is 5.16. The number of aromatic nitrogens is 1. The highest BCUT2D eigenvalue weighted by atomic mass is 19.4. The molecule has 0 saturated heterocycles. The zero-order chi connectivity index (χ0) is 17.5. The maximum Gasteiger partial charge on any atom is 0.416 e. The number of carboxylic acid groups (broad SMARTS) is 1. The van der Waals surface area contributed by atoms with Crippen LogP contribution in [0.4, 0.5) is 13.2 Å². The number of rotatable bonds is 2. The van der Waals surface area contributed by atoms with E-state index in [0.717, 1.165) is 18.2 Å². The van der Waals surface area contributed by atoms with Gasteiger partial charge in [-0.25, -0.2) is 4.79 Å². The van der Waals surface area contributed by atoms with Crippen LogP contribution in [0.25, 0.3) is 22.2 Å². The van der Waals surface area contributed by atoms with E-state index in [1.165, 1.54) is 30.3 Å². The van der Waals surface area contributed by atoms with Gasteiger partial charge in [0.2, 0.25) is 0 Å². The molecule has 1 aromatic heterocycles.